The molecule has 2 fully saturated rings. The van der Waals surface area contributed by atoms with E-state index in [1.807, 2.05) is 0 Å². The number of halogens is 6. The number of carbonyl (C=O) groups is 6. The zero-order valence-electron chi connectivity index (χ0n) is 28.5. The number of hydrogen-bond acceptors (Lipinski definition) is 6. The minimum Gasteiger partial charge on any atom is -0.326 e. The van der Waals surface area contributed by atoms with Crippen molar-refractivity contribution >= 4 is 58.4 Å². The van der Waals surface area contributed by atoms with Crippen molar-refractivity contribution in [2.45, 2.75) is 84.2 Å². The molecular weight excluding hydrogens is 690 g/mol. The van der Waals surface area contributed by atoms with Gasteiger partial charge in [-0.1, -0.05) is 0 Å². The molecule has 276 valence electrons. The minimum atomic E-state index is -4.98. The number of imide groups is 2. The molecule has 2 aromatic carbocycles. The molecule has 4 rings (SSSR count). The quantitative estimate of drug-likeness (QED) is 0.161. The maximum absolute atomic E-state index is 14.0. The second-order valence-corrected chi connectivity index (χ2v) is 13.1. The molecule has 0 aliphatic carbocycles. The smallest absolute Gasteiger partial charge is 0.326 e. The Bertz CT molecular complexity index is 1660. The summed E-state index contributed by atoms with van der Waals surface area (Å²) in [6.45, 7) is 7.61. The molecule has 12 nitrogen and oxygen atoms in total. The summed E-state index contributed by atoms with van der Waals surface area (Å²) in [5.74, 6) is -3.06. The number of alkyl halides is 6. The van der Waals surface area contributed by atoms with E-state index in [4.69, 9.17) is 0 Å². The van der Waals surface area contributed by atoms with E-state index in [-0.39, 0.29) is 37.3 Å². The normalized spacial score (nSPS) is 17.5. The fourth-order valence-electron chi connectivity index (χ4n) is 6.04. The Kier molecular flexibility index (Phi) is 10.2. The SMILES string of the molecule is CC(=O)Nc1ccc(N2C(=O)N(CCCCCN3C(=O)N(c4ccc(NC(C)=O)cc4C(F)(F)F)C(=O)C3(C)C)C(C)(C)C2=O)c(C(F)(F)F)c1. The number of nitrogens with zero attached hydrogens (tertiary/aromatic N) is 4. The molecule has 0 unspecified atom stereocenters. The maximum Gasteiger partial charge on any atom is 0.418 e. The number of carbonyl (C=O) groups excluding carboxylic acids is 6. The van der Waals surface area contributed by atoms with Crippen LogP contribution >= 0.6 is 0 Å². The van der Waals surface area contributed by atoms with Crippen molar-refractivity contribution in [3.63, 3.8) is 0 Å². The third-order valence-electron chi connectivity index (χ3n) is 8.64. The van der Waals surface area contributed by atoms with Crippen LogP contribution in [0.3, 0.4) is 0 Å². The Hall–Kier alpha value is -5.16. The highest BCUT2D eigenvalue weighted by Crippen LogP contribution is 2.43. The van der Waals surface area contributed by atoms with Gasteiger partial charge in [0.05, 0.1) is 22.5 Å². The number of nitrogens with one attached hydrogen (secondary N) is 2. The molecule has 2 N–H and O–H groups in total. The molecule has 2 aliphatic rings. The number of unbranched alkanes of at least 4 members (excludes halogenated alkanes) is 2. The lowest BCUT2D eigenvalue weighted by atomic mass is 10.0. The molecule has 2 saturated heterocycles. The number of hydrogen-bond donors (Lipinski definition) is 2. The topological polar surface area (TPSA) is 139 Å². The van der Waals surface area contributed by atoms with Gasteiger partial charge in [-0.05, 0) is 83.4 Å². The number of anilines is 4. The second kappa shape index (κ2) is 13.5. The average Bonchev–Trinajstić information content (AvgIpc) is 3.27. The molecule has 0 bridgehead atoms. The van der Waals surface area contributed by atoms with Gasteiger partial charge in [-0.15, -0.1) is 0 Å². The Morgan fingerprint density at radius 1 is 0.608 bits per heavy atom. The van der Waals surface area contributed by atoms with Gasteiger partial charge < -0.3 is 20.4 Å². The predicted octanol–water partition coefficient (Wildman–Crippen LogP) is 6.61. The first kappa shape index (κ1) is 38.6. The molecular formula is C33H36F6N6O6. The first-order valence-electron chi connectivity index (χ1n) is 15.7. The summed E-state index contributed by atoms with van der Waals surface area (Å²) >= 11 is 0. The van der Waals surface area contributed by atoms with Gasteiger partial charge >= 0.3 is 24.4 Å². The summed E-state index contributed by atoms with van der Waals surface area (Å²) in [7, 11) is 0. The second-order valence-electron chi connectivity index (χ2n) is 13.1. The fraction of sp³-hybridized carbons (Fsp3) is 0.455. The Labute approximate surface area is 288 Å². The van der Waals surface area contributed by atoms with E-state index in [2.05, 4.69) is 10.6 Å². The summed E-state index contributed by atoms with van der Waals surface area (Å²) < 4.78 is 84.3. The van der Waals surface area contributed by atoms with Crippen LogP contribution in [0.4, 0.5) is 58.7 Å². The third-order valence-corrected chi connectivity index (χ3v) is 8.64. The summed E-state index contributed by atoms with van der Waals surface area (Å²) in [5.41, 5.74) is -7.46. The zero-order chi connectivity index (χ0) is 38.4. The molecule has 0 spiro atoms. The van der Waals surface area contributed by atoms with Crippen LogP contribution in [0, 0.1) is 0 Å². The van der Waals surface area contributed by atoms with Crippen LogP contribution in [0.5, 0.6) is 0 Å². The van der Waals surface area contributed by atoms with Crippen molar-refractivity contribution in [1.29, 1.82) is 0 Å². The van der Waals surface area contributed by atoms with Crippen LogP contribution in [0.15, 0.2) is 36.4 Å². The molecule has 2 aliphatic heterocycles. The van der Waals surface area contributed by atoms with Gasteiger partial charge in [-0.25, -0.2) is 19.4 Å². The van der Waals surface area contributed by atoms with E-state index in [9.17, 15) is 55.1 Å². The number of benzene rings is 2. The highest BCUT2D eigenvalue weighted by atomic mass is 19.4. The molecule has 8 amide bonds. The van der Waals surface area contributed by atoms with Crippen molar-refractivity contribution in [3.8, 4) is 0 Å². The monoisotopic (exact) mass is 726 g/mol. The molecule has 18 heteroatoms. The Morgan fingerprint density at radius 3 is 1.24 bits per heavy atom. The van der Waals surface area contributed by atoms with E-state index >= 15 is 0 Å². The number of urea groups is 2. The van der Waals surface area contributed by atoms with Gasteiger partial charge in [-0.3, -0.25) is 19.2 Å². The predicted molar refractivity (Wildman–Crippen MR) is 173 cm³/mol. The third kappa shape index (κ3) is 7.49. The number of amides is 8. The van der Waals surface area contributed by atoms with Crippen molar-refractivity contribution in [2.24, 2.45) is 0 Å². The van der Waals surface area contributed by atoms with Crippen molar-refractivity contribution < 1.29 is 55.1 Å². The van der Waals surface area contributed by atoms with E-state index < -0.39 is 81.6 Å². The molecule has 2 aromatic rings. The Balaban J connectivity index is 1.47. The van der Waals surface area contributed by atoms with Gasteiger partial charge in [0.1, 0.15) is 11.1 Å². The van der Waals surface area contributed by atoms with Crippen LogP contribution < -0.4 is 20.4 Å². The van der Waals surface area contributed by atoms with E-state index in [1.165, 1.54) is 27.7 Å². The van der Waals surface area contributed by atoms with Gasteiger partial charge in [-0.2, -0.15) is 26.3 Å². The van der Waals surface area contributed by atoms with Crippen molar-refractivity contribution in [1.82, 2.24) is 9.80 Å². The lowest BCUT2D eigenvalue weighted by Gasteiger charge is -2.29. The van der Waals surface area contributed by atoms with Gasteiger partial charge in [0.25, 0.3) is 11.8 Å². The lowest BCUT2D eigenvalue weighted by molar-refractivity contribution is -0.138. The summed E-state index contributed by atoms with van der Waals surface area (Å²) in [5, 5.41) is 4.48. The van der Waals surface area contributed by atoms with Gasteiger partial charge in [0.15, 0.2) is 0 Å². The number of rotatable bonds is 10. The van der Waals surface area contributed by atoms with E-state index in [1.54, 1.807) is 0 Å². The first-order chi connectivity index (χ1) is 23.4. The average molecular weight is 727 g/mol. The van der Waals surface area contributed by atoms with E-state index in [0.717, 1.165) is 47.9 Å². The Morgan fingerprint density at radius 2 is 0.941 bits per heavy atom. The molecule has 0 radical (unpaired) electrons. The molecule has 0 aromatic heterocycles. The van der Waals surface area contributed by atoms with Crippen LogP contribution in [-0.2, 0) is 31.5 Å². The van der Waals surface area contributed by atoms with Crippen LogP contribution in [0.25, 0.3) is 0 Å². The highest BCUT2D eigenvalue weighted by Gasteiger charge is 2.55. The molecule has 0 saturated carbocycles. The summed E-state index contributed by atoms with van der Waals surface area (Å²) in [4.78, 5) is 79.5. The van der Waals surface area contributed by atoms with Crippen molar-refractivity contribution in [2.75, 3.05) is 33.5 Å². The summed E-state index contributed by atoms with van der Waals surface area (Å²) in [6.07, 6.45) is -9.24. The minimum absolute atomic E-state index is 0.0720. The van der Waals surface area contributed by atoms with Gasteiger partial charge in [0.2, 0.25) is 11.8 Å². The molecule has 2 heterocycles. The molecule has 51 heavy (non-hydrogen) atoms. The fourth-order valence-corrected chi connectivity index (χ4v) is 6.04. The zero-order valence-corrected chi connectivity index (χ0v) is 28.5. The maximum atomic E-state index is 14.0. The standard InChI is InChI=1S/C33H36F6N6O6/c1-18(46)40-20-10-12-24(22(16-20)32(34,35)36)44-26(48)30(3,4)42(28(44)50)14-8-7-9-15-43-29(51)45(27(49)31(43,5)6)25-13-11-21(41-19(2)47)17-23(25)33(37,38)39/h10-13,16-17H,7-9,14-15H2,1-6H3,(H,40,46)(H,41,47). The van der Waals surface area contributed by atoms with Crippen LogP contribution in [-0.4, -0.2) is 69.7 Å². The van der Waals surface area contributed by atoms with E-state index in [0.29, 0.717) is 28.4 Å². The van der Waals surface area contributed by atoms with Gasteiger partial charge in [0, 0.05) is 38.3 Å². The first-order valence-corrected chi connectivity index (χ1v) is 15.7. The largest absolute Gasteiger partial charge is 0.418 e. The van der Waals surface area contributed by atoms with Crippen LogP contribution in [0.1, 0.15) is 71.9 Å². The highest BCUT2D eigenvalue weighted by molar-refractivity contribution is 6.24. The lowest BCUT2D eigenvalue weighted by Crippen LogP contribution is -2.45. The molecule has 0 atom stereocenters. The van der Waals surface area contributed by atoms with Crippen molar-refractivity contribution in [3.05, 3.63) is 47.5 Å². The summed E-state index contributed by atoms with van der Waals surface area (Å²) in [6, 6.07) is 3.40. The van der Waals surface area contributed by atoms with Crippen LogP contribution in [0.2, 0.25) is 0 Å².